The van der Waals surface area contributed by atoms with E-state index in [1.807, 2.05) is 53.7 Å². The number of nitrogens with one attached hydrogen (secondary N) is 1. The van der Waals surface area contributed by atoms with Crippen LogP contribution in [0, 0.1) is 26.2 Å². The van der Waals surface area contributed by atoms with E-state index < -0.39 is 28.8 Å². The summed E-state index contributed by atoms with van der Waals surface area (Å²) in [7, 11) is 0. The van der Waals surface area contributed by atoms with Gasteiger partial charge in [-0.3, -0.25) is 4.79 Å². The predicted octanol–water partition coefficient (Wildman–Crippen LogP) is 3.11. The third-order valence-corrected chi connectivity index (χ3v) is 5.42. The Bertz CT molecular complexity index is 505. The first kappa shape index (κ1) is 18.0. The molecule has 118 valence electrons. The van der Waals surface area contributed by atoms with Crippen LogP contribution in [-0.4, -0.2) is 21.7 Å². The number of hydrogen-bond acceptors (Lipinski definition) is 3. The van der Waals surface area contributed by atoms with E-state index in [-0.39, 0.29) is 0 Å². The molecule has 0 fully saturated rings. The van der Waals surface area contributed by atoms with Gasteiger partial charge in [0.1, 0.15) is 0 Å². The highest BCUT2D eigenvalue weighted by Crippen LogP contribution is 2.28. The number of carboxylic acids is 1. The van der Waals surface area contributed by atoms with Gasteiger partial charge in [0.25, 0.3) is 0 Å². The zero-order valence-electron chi connectivity index (χ0n) is 13.6. The first-order valence-electron chi connectivity index (χ1n) is 7.08. The molecule has 0 heterocycles. The molecule has 1 aromatic carbocycles. The van der Waals surface area contributed by atoms with E-state index in [0.717, 1.165) is 16.7 Å². The Labute approximate surface area is 130 Å². The maximum atomic E-state index is 12.6. The van der Waals surface area contributed by atoms with Gasteiger partial charge in [-0.1, -0.05) is 38.5 Å². The van der Waals surface area contributed by atoms with Gasteiger partial charge in [0, 0.05) is 11.1 Å². The first-order chi connectivity index (χ1) is 9.60. The van der Waals surface area contributed by atoms with Gasteiger partial charge >= 0.3 is 5.97 Å². The van der Waals surface area contributed by atoms with E-state index in [4.69, 9.17) is 0 Å². The number of hydrogen-bond donors (Lipinski definition) is 2. The Kier molecular flexibility index (Phi) is 5.84. The second kappa shape index (κ2) is 6.81. The van der Waals surface area contributed by atoms with Gasteiger partial charge in [-0.2, -0.15) is 0 Å². The van der Waals surface area contributed by atoms with Crippen molar-refractivity contribution in [3.05, 3.63) is 28.8 Å². The number of rotatable bonds is 6. The molecule has 21 heavy (non-hydrogen) atoms. The summed E-state index contributed by atoms with van der Waals surface area (Å²) in [5.74, 6) is -0.974. The molecule has 0 spiro atoms. The average molecular weight is 311 g/mol. The van der Waals surface area contributed by atoms with E-state index in [9.17, 15) is 14.5 Å². The third kappa shape index (κ3) is 4.22. The van der Waals surface area contributed by atoms with Crippen LogP contribution < -0.4 is 4.72 Å². The lowest BCUT2D eigenvalue weighted by atomic mass is 9.82. The van der Waals surface area contributed by atoms with Crippen LogP contribution in [0.25, 0.3) is 0 Å². The lowest BCUT2D eigenvalue weighted by Gasteiger charge is -2.31. The molecule has 2 atom stereocenters. The Morgan fingerprint density at radius 1 is 1.33 bits per heavy atom. The van der Waals surface area contributed by atoms with E-state index >= 15 is 0 Å². The third-order valence-electron chi connectivity index (χ3n) is 3.95. The van der Waals surface area contributed by atoms with Gasteiger partial charge in [0.05, 0.1) is 11.4 Å². The minimum absolute atomic E-state index is 0.478. The van der Waals surface area contributed by atoms with Gasteiger partial charge in [0.15, 0.2) is 10.9 Å². The Morgan fingerprint density at radius 3 is 2.19 bits per heavy atom. The summed E-state index contributed by atoms with van der Waals surface area (Å²) in [6.07, 6.45) is 0.681. The van der Waals surface area contributed by atoms with Crippen molar-refractivity contribution in [3.8, 4) is 0 Å². The quantitative estimate of drug-likeness (QED) is 0.792. The topological polar surface area (TPSA) is 72.4 Å². The Balaban J connectivity index is 3.09. The van der Waals surface area contributed by atoms with E-state index in [2.05, 4.69) is 4.72 Å². The molecular weight excluding hydrogens is 286 g/mol. The van der Waals surface area contributed by atoms with Gasteiger partial charge < -0.3 is 9.66 Å². The van der Waals surface area contributed by atoms with E-state index in [0.29, 0.717) is 11.3 Å². The molecule has 1 rings (SSSR count). The fraction of sp³-hybridized carbons (Fsp3) is 0.562. The predicted molar refractivity (Wildman–Crippen MR) is 85.7 cm³/mol. The smallest absolute Gasteiger partial charge is 0.325 e. The molecule has 0 radical (unpaired) electrons. The standard InChI is InChI=1S/C16H25NO3S/c1-7-16(5,6)14(15(18)19)17-21(20)13-11(3)8-10(2)9-12(13)4/h8-9,14,17H,7H2,1-6H3,(H,18,19)/t14?,21-/m0/s1. The van der Waals surface area contributed by atoms with E-state index in [1.54, 1.807) is 0 Å². The van der Waals surface area contributed by atoms with E-state index in [1.165, 1.54) is 0 Å². The van der Waals surface area contributed by atoms with Crippen molar-refractivity contribution < 1.29 is 14.5 Å². The van der Waals surface area contributed by atoms with Gasteiger partial charge in [0.2, 0.25) is 0 Å². The molecule has 5 heteroatoms. The number of benzene rings is 1. The summed E-state index contributed by atoms with van der Waals surface area (Å²) < 4.78 is 15.4. The minimum Gasteiger partial charge on any atom is -0.593 e. The molecule has 0 aliphatic rings. The molecule has 0 aromatic heterocycles. The fourth-order valence-electron chi connectivity index (χ4n) is 2.37. The lowest BCUT2D eigenvalue weighted by molar-refractivity contribution is -0.142. The van der Waals surface area contributed by atoms with Gasteiger partial charge in [-0.25, -0.2) is 0 Å². The monoisotopic (exact) mass is 311 g/mol. The van der Waals surface area contributed by atoms with Crippen LogP contribution in [0.15, 0.2) is 17.0 Å². The van der Waals surface area contributed by atoms with Crippen molar-refractivity contribution >= 4 is 17.3 Å². The van der Waals surface area contributed by atoms with Crippen LogP contribution >= 0.6 is 0 Å². The fourth-order valence-corrected chi connectivity index (χ4v) is 3.83. The summed E-state index contributed by atoms with van der Waals surface area (Å²) in [6.45, 7) is 11.4. The molecule has 1 aromatic rings. The molecule has 0 bridgehead atoms. The second-order valence-electron chi connectivity index (χ2n) is 6.23. The zero-order chi connectivity index (χ0) is 16.4. The van der Waals surface area contributed by atoms with Crippen LogP contribution in [0.2, 0.25) is 0 Å². The van der Waals surface area contributed by atoms with Crippen molar-refractivity contribution in [2.45, 2.75) is 58.9 Å². The second-order valence-corrected chi connectivity index (χ2v) is 7.41. The van der Waals surface area contributed by atoms with Crippen molar-refractivity contribution in [2.75, 3.05) is 0 Å². The molecule has 0 saturated carbocycles. The normalized spacial score (nSPS) is 14.8. The summed E-state index contributed by atoms with van der Waals surface area (Å²) in [4.78, 5) is 12.2. The minimum atomic E-state index is -1.54. The van der Waals surface area contributed by atoms with Crippen LogP contribution in [0.3, 0.4) is 0 Å². The van der Waals surface area contributed by atoms with Crippen LogP contribution in [0.5, 0.6) is 0 Å². The highest BCUT2D eigenvalue weighted by atomic mass is 32.2. The van der Waals surface area contributed by atoms with Crippen molar-refractivity contribution in [2.24, 2.45) is 5.41 Å². The Hall–Kier alpha value is -1.04. The maximum absolute atomic E-state index is 12.6. The SMILES string of the molecule is CCC(C)(C)C(N[S@@+]([O-])c1c(C)cc(C)cc1C)C(=O)O. The average Bonchev–Trinajstić information content (AvgIpc) is 2.34. The van der Waals surface area contributed by atoms with Crippen molar-refractivity contribution in [1.29, 1.82) is 0 Å². The molecule has 0 aliphatic carbocycles. The van der Waals surface area contributed by atoms with Gasteiger partial charge in [-0.05, 0) is 32.6 Å². The highest BCUT2D eigenvalue weighted by Gasteiger charge is 2.38. The summed E-state index contributed by atoms with van der Waals surface area (Å²) in [5.41, 5.74) is 2.46. The van der Waals surface area contributed by atoms with Crippen LogP contribution in [0.1, 0.15) is 43.9 Å². The molecule has 1 unspecified atom stereocenters. The van der Waals surface area contributed by atoms with Crippen molar-refractivity contribution in [3.63, 3.8) is 0 Å². The summed E-state index contributed by atoms with van der Waals surface area (Å²) in [5, 5.41) is 9.42. The molecule has 0 amide bonds. The summed E-state index contributed by atoms with van der Waals surface area (Å²) >= 11 is -1.54. The molecule has 0 aliphatic heterocycles. The highest BCUT2D eigenvalue weighted by molar-refractivity contribution is 7.89. The first-order valence-corrected chi connectivity index (χ1v) is 8.23. The van der Waals surface area contributed by atoms with Gasteiger partial charge in [-0.15, -0.1) is 4.72 Å². The number of carbonyl (C=O) groups is 1. The Morgan fingerprint density at radius 2 is 1.81 bits per heavy atom. The number of carboxylic acid groups (broad SMARTS) is 1. The maximum Gasteiger partial charge on any atom is 0.325 e. The largest absolute Gasteiger partial charge is 0.593 e. The number of aliphatic carboxylic acids is 1. The molecule has 2 N–H and O–H groups in total. The zero-order valence-corrected chi connectivity index (χ0v) is 14.4. The van der Waals surface area contributed by atoms with Crippen LogP contribution in [0.4, 0.5) is 0 Å². The van der Waals surface area contributed by atoms with Crippen LogP contribution in [-0.2, 0) is 16.2 Å². The molecule has 4 nitrogen and oxygen atoms in total. The number of aryl methyl sites for hydroxylation is 3. The molecule has 0 saturated heterocycles. The van der Waals surface area contributed by atoms with Crippen molar-refractivity contribution in [1.82, 2.24) is 4.72 Å². The molecular formula is C16H25NO3S. The lowest BCUT2D eigenvalue weighted by Crippen LogP contribution is -2.50. The summed E-state index contributed by atoms with van der Waals surface area (Å²) in [6, 6.07) is 3.06.